The van der Waals surface area contributed by atoms with Gasteiger partial charge in [-0.1, -0.05) is 13.8 Å². The summed E-state index contributed by atoms with van der Waals surface area (Å²) in [6, 6.07) is 4.87. The molecule has 0 saturated heterocycles. The number of carbonyl (C=O) groups is 2. The average molecular weight is 289 g/mol. The Labute approximate surface area is 123 Å². The number of hydrogen-bond acceptors (Lipinski definition) is 4. The first kappa shape index (κ1) is 15.0. The molecule has 112 valence electrons. The first-order valence-electron chi connectivity index (χ1n) is 6.77. The second-order valence-corrected chi connectivity index (χ2v) is 5.74. The summed E-state index contributed by atoms with van der Waals surface area (Å²) in [5, 5.41) is 6.59. The molecule has 1 aliphatic rings. The van der Waals surface area contributed by atoms with Gasteiger partial charge in [-0.15, -0.1) is 0 Å². The average Bonchev–Trinajstić information content (AvgIpc) is 2.38. The van der Waals surface area contributed by atoms with E-state index in [9.17, 15) is 9.59 Å². The third-order valence-electron chi connectivity index (χ3n) is 2.94. The highest BCUT2D eigenvalue weighted by Gasteiger charge is 2.35. The quantitative estimate of drug-likeness (QED) is 0.661. The van der Waals surface area contributed by atoms with E-state index in [1.54, 1.807) is 38.3 Å². The number of rotatable bonds is 3. The van der Waals surface area contributed by atoms with E-state index in [0.717, 1.165) is 0 Å². The van der Waals surface area contributed by atoms with Gasteiger partial charge < -0.3 is 10.1 Å². The van der Waals surface area contributed by atoms with Crippen LogP contribution in [0.5, 0.6) is 5.75 Å². The van der Waals surface area contributed by atoms with Crippen molar-refractivity contribution >= 4 is 23.7 Å². The third-order valence-corrected chi connectivity index (χ3v) is 2.94. The second kappa shape index (κ2) is 5.55. The van der Waals surface area contributed by atoms with Gasteiger partial charge in [0.25, 0.3) is 11.8 Å². The van der Waals surface area contributed by atoms with E-state index in [4.69, 9.17) is 4.74 Å². The lowest BCUT2D eigenvalue weighted by Gasteiger charge is -2.31. The van der Waals surface area contributed by atoms with E-state index in [2.05, 4.69) is 15.8 Å². The molecule has 0 fully saturated rings. The summed E-state index contributed by atoms with van der Waals surface area (Å²) < 4.78 is 5.61. The van der Waals surface area contributed by atoms with E-state index in [1.165, 1.54) is 0 Å². The minimum absolute atomic E-state index is 0.245. The van der Waals surface area contributed by atoms with Gasteiger partial charge in [0.05, 0.1) is 5.69 Å². The fourth-order valence-electron chi connectivity index (χ4n) is 1.76. The van der Waals surface area contributed by atoms with Gasteiger partial charge in [-0.25, -0.2) is 5.43 Å². The van der Waals surface area contributed by atoms with Crippen LogP contribution in [0.15, 0.2) is 23.3 Å². The highest BCUT2D eigenvalue weighted by molar-refractivity contribution is 6.02. The molecule has 0 radical (unpaired) electrons. The zero-order valence-corrected chi connectivity index (χ0v) is 12.6. The van der Waals surface area contributed by atoms with Crippen molar-refractivity contribution in [3.8, 4) is 5.75 Å². The lowest BCUT2D eigenvalue weighted by molar-refractivity contribution is -0.129. The predicted octanol–water partition coefficient (Wildman–Crippen LogP) is 2.17. The fourth-order valence-corrected chi connectivity index (χ4v) is 1.76. The molecule has 0 saturated carbocycles. The van der Waals surface area contributed by atoms with Crippen LogP contribution in [0.3, 0.4) is 0 Å². The molecular weight excluding hydrogens is 270 g/mol. The molecule has 1 aromatic carbocycles. The number of ether oxygens (including phenoxy) is 1. The molecule has 6 nitrogen and oxygen atoms in total. The maximum Gasteiger partial charge on any atom is 0.271 e. The van der Waals surface area contributed by atoms with Crippen molar-refractivity contribution in [2.75, 3.05) is 5.32 Å². The molecule has 1 heterocycles. The molecule has 0 atom stereocenters. The number of hydrogen-bond donors (Lipinski definition) is 2. The Morgan fingerprint density at radius 1 is 1.43 bits per heavy atom. The van der Waals surface area contributed by atoms with Gasteiger partial charge in [0.15, 0.2) is 5.60 Å². The van der Waals surface area contributed by atoms with E-state index in [1.807, 2.05) is 13.8 Å². The normalized spacial score (nSPS) is 16.3. The third kappa shape index (κ3) is 3.39. The van der Waals surface area contributed by atoms with E-state index in [-0.39, 0.29) is 17.7 Å². The molecule has 21 heavy (non-hydrogen) atoms. The predicted molar refractivity (Wildman–Crippen MR) is 80.6 cm³/mol. The van der Waals surface area contributed by atoms with Crippen molar-refractivity contribution in [2.24, 2.45) is 11.0 Å². The Kier molecular flexibility index (Phi) is 3.97. The molecule has 6 heteroatoms. The maximum absolute atomic E-state index is 11.9. The zero-order chi connectivity index (χ0) is 15.6. The van der Waals surface area contributed by atoms with Crippen LogP contribution in [0.25, 0.3) is 0 Å². The van der Waals surface area contributed by atoms with E-state index in [0.29, 0.717) is 17.0 Å². The molecule has 0 aliphatic carbocycles. The fraction of sp³-hybridized carbons (Fsp3) is 0.400. The van der Waals surface area contributed by atoms with Crippen LogP contribution in [0.2, 0.25) is 0 Å². The molecule has 0 bridgehead atoms. The van der Waals surface area contributed by atoms with Gasteiger partial charge >= 0.3 is 0 Å². The van der Waals surface area contributed by atoms with Gasteiger partial charge in [0.1, 0.15) is 5.75 Å². The second-order valence-electron chi connectivity index (χ2n) is 5.74. The van der Waals surface area contributed by atoms with Crippen LogP contribution in [0.4, 0.5) is 5.69 Å². The Bertz CT molecular complexity index is 606. The summed E-state index contributed by atoms with van der Waals surface area (Å²) in [6.45, 7) is 7.30. The van der Waals surface area contributed by atoms with Crippen LogP contribution in [0.1, 0.15) is 38.1 Å². The first-order chi connectivity index (χ1) is 9.79. The van der Waals surface area contributed by atoms with Crippen LogP contribution < -0.4 is 15.5 Å². The molecule has 1 aliphatic heterocycles. The van der Waals surface area contributed by atoms with E-state index < -0.39 is 5.60 Å². The zero-order valence-electron chi connectivity index (χ0n) is 12.6. The molecule has 0 unspecified atom stereocenters. The Morgan fingerprint density at radius 3 is 2.81 bits per heavy atom. The standard InChI is InChI=1S/C15H19N3O3/c1-9(2)8-16-18-13(19)10-5-6-12-11(7-10)17-14(20)15(3,4)21-12/h5-9H,1-4H3,(H,17,20)(H,18,19). The Morgan fingerprint density at radius 2 is 2.14 bits per heavy atom. The maximum atomic E-state index is 11.9. The molecule has 2 N–H and O–H groups in total. The summed E-state index contributed by atoms with van der Waals surface area (Å²) >= 11 is 0. The minimum Gasteiger partial charge on any atom is -0.476 e. The van der Waals surface area contributed by atoms with Crippen LogP contribution in [0, 0.1) is 5.92 Å². The van der Waals surface area contributed by atoms with Crippen molar-refractivity contribution in [1.29, 1.82) is 0 Å². The van der Waals surface area contributed by atoms with Crippen LogP contribution >= 0.6 is 0 Å². The van der Waals surface area contributed by atoms with Crippen molar-refractivity contribution in [2.45, 2.75) is 33.3 Å². The van der Waals surface area contributed by atoms with Gasteiger partial charge in [-0.3, -0.25) is 9.59 Å². The van der Waals surface area contributed by atoms with Crippen LogP contribution in [-0.2, 0) is 4.79 Å². The minimum atomic E-state index is -0.918. The van der Waals surface area contributed by atoms with Crippen LogP contribution in [-0.4, -0.2) is 23.6 Å². The summed E-state index contributed by atoms with van der Waals surface area (Å²) in [7, 11) is 0. The number of anilines is 1. The summed E-state index contributed by atoms with van der Waals surface area (Å²) in [5.74, 6) is 0.213. The number of nitrogens with one attached hydrogen (secondary N) is 2. The molecule has 1 aromatic rings. The van der Waals surface area contributed by atoms with Crippen molar-refractivity contribution < 1.29 is 14.3 Å². The summed E-state index contributed by atoms with van der Waals surface area (Å²) in [4.78, 5) is 23.8. The van der Waals surface area contributed by atoms with Gasteiger partial charge in [-0.2, -0.15) is 5.10 Å². The van der Waals surface area contributed by atoms with Gasteiger partial charge in [0.2, 0.25) is 0 Å². The largest absolute Gasteiger partial charge is 0.476 e. The summed E-state index contributed by atoms with van der Waals surface area (Å²) in [5.41, 5.74) is 2.41. The first-order valence-corrected chi connectivity index (χ1v) is 6.77. The molecule has 0 spiro atoms. The number of benzene rings is 1. The Hall–Kier alpha value is -2.37. The van der Waals surface area contributed by atoms with Crippen molar-refractivity contribution in [3.63, 3.8) is 0 Å². The number of hydrazone groups is 1. The highest BCUT2D eigenvalue weighted by Crippen LogP contribution is 2.34. The molecule has 2 rings (SSSR count). The lowest BCUT2D eigenvalue weighted by Crippen LogP contribution is -2.45. The molecule has 2 amide bonds. The molecule has 0 aromatic heterocycles. The Balaban J connectivity index is 2.17. The molecular formula is C15H19N3O3. The smallest absolute Gasteiger partial charge is 0.271 e. The number of nitrogens with zero attached hydrogens (tertiary/aromatic N) is 1. The number of carbonyl (C=O) groups excluding carboxylic acids is 2. The lowest BCUT2D eigenvalue weighted by atomic mass is 10.0. The monoisotopic (exact) mass is 289 g/mol. The number of amides is 2. The van der Waals surface area contributed by atoms with Gasteiger partial charge in [0, 0.05) is 11.8 Å². The van der Waals surface area contributed by atoms with Crippen molar-refractivity contribution in [3.05, 3.63) is 23.8 Å². The van der Waals surface area contributed by atoms with Crippen molar-refractivity contribution in [1.82, 2.24) is 5.43 Å². The SMILES string of the molecule is CC(C)C=NNC(=O)c1ccc2c(c1)NC(=O)C(C)(C)O2. The topological polar surface area (TPSA) is 79.8 Å². The number of fused-ring (bicyclic) bond motifs is 1. The summed E-state index contributed by atoms with van der Waals surface area (Å²) in [6.07, 6.45) is 1.64. The van der Waals surface area contributed by atoms with E-state index >= 15 is 0 Å². The van der Waals surface area contributed by atoms with Gasteiger partial charge in [-0.05, 0) is 38.0 Å². The highest BCUT2D eigenvalue weighted by atomic mass is 16.5.